The molecule has 0 aromatic heterocycles. The molecule has 4 nitrogen and oxygen atoms in total. The van der Waals surface area contributed by atoms with Crippen LogP contribution in [-0.2, 0) is 10.0 Å². The van der Waals surface area contributed by atoms with Crippen molar-refractivity contribution >= 4 is 21.4 Å². The van der Waals surface area contributed by atoms with Gasteiger partial charge in [-0.3, -0.25) is 4.72 Å². The summed E-state index contributed by atoms with van der Waals surface area (Å²) < 4.78 is 26.9. The number of hydrogen-bond acceptors (Lipinski definition) is 3. The first-order valence-electron chi connectivity index (χ1n) is 6.83. The minimum Gasteiger partial charge on any atom is -0.397 e. The molecule has 106 valence electrons. The van der Waals surface area contributed by atoms with E-state index in [4.69, 9.17) is 5.73 Å². The maximum absolute atomic E-state index is 12.1. The summed E-state index contributed by atoms with van der Waals surface area (Å²) in [5.74, 6) is 0.498. The van der Waals surface area contributed by atoms with Gasteiger partial charge in [0.2, 0.25) is 10.0 Å². The van der Waals surface area contributed by atoms with Crippen molar-refractivity contribution < 1.29 is 8.42 Å². The van der Waals surface area contributed by atoms with Gasteiger partial charge in [-0.05, 0) is 43.4 Å². The van der Waals surface area contributed by atoms with Crippen LogP contribution in [0.3, 0.4) is 0 Å². The van der Waals surface area contributed by atoms with Crippen molar-refractivity contribution in [1.29, 1.82) is 0 Å². The second-order valence-electron chi connectivity index (χ2n) is 5.48. The SMILES string of the molecule is Cc1ccc(NS(=O)(=O)CC2CCCCC2)c(N)c1. The van der Waals surface area contributed by atoms with Gasteiger partial charge < -0.3 is 5.73 Å². The average molecular weight is 282 g/mol. The van der Waals surface area contributed by atoms with Gasteiger partial charge in [0.25, 0.3) is 0 Å². The van der Waals surface area contributed by atoms with E-state index in [-0.39, 0.29) is 11.7 Å². The number of aryl methyl sites for hydroxylation is 1. The molecule has 2 rings (SSSR count). The first kappa shape index (κ1) is 14.2. The molecular weight excluding hydrogens is 260 g/mol. The summed E-state index contributed by atoms with van der Waals surface area (Å²) >= 11 is 0. The quantitative estimate of drug-likeness (QED) is 0.834. The number of nitrogens with two attached hydrogens (primary N) is 1. The van der Waals surface area contributed by atoms with Crippen molar-refractivity contribution in [3.05, 3.63) is 23.8 Å². The van der Waals surface area contributed by atoms with E-state index in [0.29, 0.717) is 11.4 Å². The Morgan fingerprint density at radius 2 is 1.95 bits per heavy atom. The van der Waals surface area contributed by atoms with E-state index >= 15 is 0 Å². The molecular formula is C14H22N2O2S. The molecule has 1 aromatic carbocycles. The first-order valence-corrected chi connectivity index (χ1v) is 8.48. The summed E-state index contributed by atoms with van der Waals surface area (Å²) in [5.41, 5.74) is 7.82. The summed E-state index contributed by atoms with van der Waals surface area (Å²) in [6.45, 7) is 1.93. The van der Waals surface area contributed by atoms with Crippen LogP contribution in [0.25, 0.3) is 0 Å². The Hall–Kier alpha value is -1.23. The fourth-order valence-corrected chi connectivity index (χ4v) is 4.21. The van der Waals surface area contributed by atoms with Crippen LogP contribution in [0.2, 0.25) is 0 Å². The molecule has 0 bridgehead atoms. The van der Waals surface area contributed by atoms with E-state index in [1.54, 1.807) is 12.1 Å². The first-order chi connectivity index (χ1) is 8.96. The number of sulfonamides is 1. The second-order valence-corrected chi connectivity index (χ2v) is 7.25. The molecule has 0 saturated heterocycles. The van der Waals surface area contributed by atoms with Crippen LogP contribution in [0.5, 0.6) is 0 Å². The topological polar surface area (TPSA) is 72.2 Å². The normalized spacial score (nSPS) is 17.3. The van der Waals surface area contributed by atoms with Crippen LogP contribution in [0, 0.1) is 12.8 Å². The number of hydrogen-bond donors (Lipinski definition) is 2. The molecule has 1 aliphatic carbocycles. The average Bonchev–Trinajstić information content (AvgIpc) is 2.33. The Morgan fingerprint density at radius 1 is 1.26 bits per heavy atom. The zero-order chi connectivity index (χ0) is 13.9. The zero-order valence-corrected chi connectivity index (χ0v) is 12.2. The van der Waals surface area contributed by atoms with Crippen LogP contribution >= 0.6 is 0 Å². The van der Waals surface area contributed by atoms with Gasteiger partial charge in [0.1, 0.15) is 0 Å². The molecule has 1 saturated carbocycles. The van der Waals surface area contributed by atoms with Crippen molar-refractivity contribution in [3.63, 3.8) is 0 Å². The lowest BCUT2D eigenvalue weighted by molar-refractivity contribution is 0.385. The molecule has 0 amide bonds. The molecule has 0 spiro atoms. The molecule has 0 radical (unpaired) electrons. The largest absolute Gasteiger partial charge is 0.397 e. The van der Waals surface area contributed by atoms with Crippen molar-refractivity contribution in [3.8, 4) is 0 Å². The number of rotatable bonds is 4. The minimum absolute atomic E-state index is 0.209. The van der Waals surface area contributed by atoms with E-state index in [9.17, 15) is 8.42 Å². The number of nitrogens with one attached hydrogen (secondary N) is 1. The smallest absolute Gasteiger partial charge is 0.233 e. The summed E-state index contributed by atoms with van der Waals surface area (Å²) in [6.07, 6.45) is 5.56. The van der Waals surface area contributed by atoms with Gasteiger partial charge in [0, 0.05) is 0 Å². The maximum atomic E-state index is 12.1. The summed E-state index contributed by atoms with van der Waals surface area (Å²) in [6, 6.07) is 5.36. The molecule has 1 aliphatic rings. The Morgan fingerprint density at radius 3 is 2.58 bits per heavy atom. The van der Waals surface area contributed by atoms with Crippen molar-refractivity contribution in [1.82, 2.24) is 0 Å². The number of nitrogen functional groups attached to an aromatic ring is 1. The number of anilines is 2. The predicted octanol–water partition coefficient (Wildman–Crippen LogP) is 2.90. The fraction of sp³-hybridized carbons (Fsp3) is 0.571. The van der Waals surface area contributed by atoms with Gasteiger partial charge in [-0.25, -0.2) is 8.42 Å². The lowest BCUT2D eigenvalue weighted by Gasteiger charge is -2.21. The number of benzene rings is 1. The van der Waals surface area contributed by atoms with Crippen LogP contribution in [-0.4, -0.2) is 14.2 Å². The fourth-order valence-electron chi connectivity index (χ4n) is 2.65. The highest BCUT2D eigenvalue weighted by atomic mass is 32.2. The Labute approximate surface area is 115 Å². The summed E-state index contributed by atoms with van der Waals surface area (Å²) in [4.78, 5) is 0. The molecule has 19 heavy (non-hydrogen) atoms. The molecule has 0 heterocycles. The summed E-state index contributed by atoms with van der Waals surface area (Å²) in [5, 5.41) is 0. The highest BCUT2D eigenvalue weighted by Gasteiger charge is 2.21. The van der Waals surface area contributed by atoms with E-state index in [1.165, 1.54) is 6.42 Å². The van der Waals surface area contributed by atoms with E-state index in [0.717, 1.165) is 31.2 Å². The van der Waals surface area contributed by atoms with E-state index in [2.05, 4.69) is 4.72 Å². The molecule has 1 fully saturated rings. The lowest BCUT2D eigenvalue weighted by atomic mass is 9.91. The lowest BCUT2D eigenvalue weighted by Crippen LogP contribution is -2.24. The zero-order valence-electron chi connectivity index (χ0n) is 11.4. The van der Waals surface area contributed by atoms with Crippen molar-refractivity contribution in [2.75, 3.05) is 16.2 Å². The highest BCUT2D eigenvalue weighted by molar-refractivity contribution is 7.92. The third-order valence-corrected chi connectivity index (χ3v) is 5.09. The third-order valence-electron chi connectivity index (χ3n) is 3.65. The Bertz CT molecular complexity index is 534. The monoisotopic (exact) mass is 282 g/mol. The van der Waals surface area contributed by atoms with Gasteiger partial charge in [-0.1, -0.05) is 25.3 Å². The highest BCUT2D eigenvalue weighted by Crippen LogP contribution is 2.26. The van der Waals surface area contributed by atoms with Gasteiger partial charge in [0.05, 0.1) is 17.1 Å². The summed E-state index contributed by atoms with van der Waals surface area (Å²) in [7, 11) is -3.30. The van der Waals surface area contributed by atoms with Crippen molar-refractivity contribution in [2.24, 2.45) is 5.92 Å². The molecule has 0 atom stereocenters. The van der Waals surface area contributed by atoms with Gasteiger partial charge in [0.15, 0.2) is 0 Å². The van der Waals surface area contributed by atoms with Crippen molar-refractivity contribution in [2.45, 2.75) is 39.0 Å². The van der Waals surface area contributed by atoms with Gasteiger partial charge >= 0.3 is 0 Å². The third kappa shape index (κ3) is 4.13. The predicted molar refractivity (Wildman–Crippen MR) is 79.6 cm³/mol. The van der Waals surface area contributed by atoms with Crippen LogP contribution in [0.1, 0.15) is 37.7 Å². The Balaban J connectivity index is 2.03. The van der Waals surface area contributed by atoms with E-state index in [1.807, 2.05) is 13.0 Å². The second kappa shape index (κ2) is 5.82. The van der Waals surface area contributed by atoms with Gasteiger partial charge in [-0.2, -0.15) is 0 Å². The molecule has 0 unspecified atom stereocenters. The van der Waals surface area contributed by atoms with Crippen LogP contribution in [0.15, 0.2) is 18.2 Å². The molecule has 5 heteroatoms. The standard InChI is InChI=1S/C14H22N2O2S/c1-11-7-8-14(13(15)9-11)16-19(17,18)10-12-5-3-2-4-6-12/h7-9,12,16H,2-6,10,15H2,1H3. The molecule has 1 aromatic rings. The minimum atomic E-state index is -3.30. The van der Waals surface area contributed by atoms with Gasteiger partial charge in [-0.15, -0.1) is 0 Å². The Kier molecular flexibility index (Phi) is 4.34. The molecule has 0 aliphatic heterocycles. The van der Waals surface area contributed by atoms with E-state index < -0.39 is 10.0 Å². The molecule has 3 N–H and O–H groups in total. The van der Waals surface area contributed by atoms with Crippen LogP contribution < -0.4 is 10.5 Å². The maximum Gasteiger partial charge on any atom is 0.233 e. The van der Waals surface area contributed by atoms with Crippen LogP contribution in [0.4, 0.5) is 11.4 Å².